The second-order valence-corrected chi connectivity index (χ2v) is 4.95. The number of hydrogen-bond donors (Lipinski definition) is 1. The number of carbonyl (C=O) groups is 1. The highest BCUT2D eigenvalue weighted by molar-refractivity contribution is 5.67. The highest BCUT2D eigenvalue weighted by Gasteiger charge is 2.31. The van der Waals surface area contributed by atoms with Gasteiger partial charge in [-0.25, -0.2) is 4.79 Å². The van der Waals surface area contributed by atoms with Crippen molar-refractivity contribution in [1.82, 2.24) is 5.32 Å². The fraction of sp³-hybridized carbons (Fsp3) is 0.438. The molecule has 1 aliphatic heterocycles. The Bertz CT molecular complexity index is 472. The van der Waals surface area contributed by atoms with Crippen LogP contribution in [0.4, 0.5) is 4.79 Å². The molecule has 1 amide bonds. The fourth-order valence-corrected chi connectivity index (χ4v) is 2.15. The SMILES string of the molecule is C#CC1(CNC(=O)OCc2ccccc2)CCOCC1. The minimum atomic E-state index is -0.435. The van der Waals surface area contributed by atoms with E-state index >= 15 is 0 Å². The smallest absolute Gasteiger partial charge is 0.407 e. The van der Waals surface area contributed by atoms with Gasteiger partial charge in [0.15, 0.2) is 0 Å². The van der Waals surface area contributed by atoms with Gasteiger partial charge in [0.2, 0.25) is 0 Å². The van der Waals surface area contributed by atoms with Crippen molar-refractivity contribution < 1.29 is 14.3 Å². The van der Waals surface area contributed by atoms with Gasteiger partial charge >= 0.3 is 6.09 Å². The molecule has 2 rings (SSSR count). The van der Waals surface area contributed by atoms with Crippen molar-refractivity contribution in [2.75, 3.05) is 19.8 Å². The normalized spacial score (nSPS) is 16.9. The van der Waals surface area contributed by atoms with Crippen molar-refractivity contribution in [3.05, 3.63) is 35.9 Å². The van der Waals surface area contributed by atoms with Crippen molar-refractivity contribution in [1.29, 1.82) is 0 Å². The van der Waals surface area contributed by atoms with Gasteiger partial charge in [0.1, 0.15) is 6.61 Å². The van der Waals surface area contributed by atoms with E-state index < -0.39 is 6.09 Å². The van der Waals surface area contributed by atoms with E-state index in [-0.39, 0.29) is 12.0 Å². The summed E-state index contributed by atoms with van der Waals surface area (Å²) in [4.78, 5) is 11.7. The summed E-state index contributed by atoms with van der Waals surface area (Å²) in [6.07, 6.45) is 6.69. The maximum atomic E-state index is 11.7. The van der Waals surface area contributed by atoms with E-state index in [2.05, 4.69) is 11.2 Å². The van der Waals surface area contributed by atoms with Gasteiger partial charge in [0.05, 0.1) is 5.41 Å². The number of terminal acetylenes is 1. The minimum Gasteiger partial charge on any atom is -0.445 e. The number of ether oxygens (including phenoxy) is 2. The number of amides is 1. The Morgan fingerprint density at radius 2 is 2.05 bits per heavy atom. The Balaban J connectivity index is 1.76. The number of rotatable bonds is 4. The molecule has 1 heterocycles. The van der Waals surface area contributed by atoms with Crippen LogP contribution in [0.15, 0.2) is 30.3 Å². The van der Waals surface area contributed by atoms with Crippen LogP contribution < -0.4 is 5.32 Å². The molecule has 4 heteroatoms. The van der Waals surface area contributed by atoms with Gasteiger partial charge in [0.25, 0.3) is 0 Å². The summed E-state index contributed by atoms with van der Waals surface area (Å²) < 4.78 is 10.5. The Kier molecular flexibility index (Phi) is 5.03. The van der Waals surface area contributed by atoms with Crippen molar-refractivity contribution in [3.63, 3.8) is 0 Å². The quantitative estimate of drug-likeness (QED) is 0.857. The monoisotopic (exact) mass is 273 g/mol. The molecule has 1 aliphatic rings. The molecule has 0 spiro atoms. The number of hydrogen-bond acceptors (Lipinski definition) is 3. The molecule has 0 unspecified atom stereocenters. The summed E-state index contributed by atoms with van der Waals surface area (Å²) in [6.45, 7) is 1.98. The minimum absolute atomic E-state index is 0.263. The van der Waals surface area contributed by atoms with Crippen molar-refractivity contribution >= 4 is 6.09 Å². The molecule has 0 aliphatic carbocycles. The maximum absolute atomic E-state index is 11.7. The zero-order valence-corrected chi connectivity index (χ0v) is 11.4. The van der Waals surface area contributed by atoms with Crippen molar-refractivity contribution in [2.45, 2.75) is 19.4 Å². The van der Waals surface area contributed by atoms with Crippen LogP contribution in [0, 0.1) is 17.8 Å². The summed E-state index contributed by atoms with van der Waals surface area (Å²) in [6, 6.07) is 9.56. The van der Waals surface area contributed by atoms with Crippen LogP contribution >= 0.6 is 0 Å². The third kappa shape index (κ3) is 4.01. The van der Waals surface area contributed by atoms with Crippen LogP contribution in [0.2, 0.25) is 0 Å². The van der Waals surface area contributed by atoms with E-state index in [1.807, 2.05) is 30.3 Å². The zero-order chi connectivity index (χ0) is 14.3. The number of benzene rings is 1. The lowest BCUT2D eigenvalue weighted by atomic mass is 9.81. The van der Waals surface area contributed by atoms with Crippen LogP contribution in [0.25, 0.3) is 0 Å². The Hall–Kier alpha value is -1.99. The number of carbonyl (C=O) groups excluding carboxylic acids is 1. The molecule has 0 radical (unpaired) electrons. The first-order chi connectivity index (χ1) is 9.74. The van der Waals surface area contributed by atoms with Crippen LogP contribution in [0.1, 0.15) is 18.4 Å². The van der Waals surface area contributed by atoms with E-state index in [9.17, 15) is 4.79 Å². The molecule has 1 saturated heterocycles. The van der Waals surface area contributed by atoms with Crippen LogP contribution in [0.5, 0.6) is 0 Å². The van der Waals surface area contributed by atoms with E-state index in [1.165, 1.54) is 0 Å². The van der Waals surface area contributed by atoms with Gasteiger partial charge in [0, 0.05) is 19.8 Å². The first kappa shape index (κ1) is 14.4. The summed E-state index contributed by atoms with van der Waals surface area (Å²) in [7, 11) is 0. The first-order valence-electron chi connectivity index (χ1n) is 6.74. The second kappa shape index (κ2) is 6.97. The molecule has 0 saturated carbocycles. The molecule has 1 aromatic carbocycles. The second-order valence-electron chi connectivity index (χ2n) is 4.95. The molecule has 1 fully saturated rings. The molecular weight excluding hydrogens is 254 g/mol. The summed E-state index contributed by atoms with van der Waals surface area (Å²) in [5.41, 5.74) is 0.657. The van der Waals surface area contributed by atoms with E-state index in [4.69, 9.17) is 15.9 Å². The fourth-order valence-electron chi connectivity index (χ4n) is 2.15. The van der Waals surface area contributed by atoms with Gasteiger partial charge < -0.3 is 14.8 Å². The maximum Gasteiger partial charge on any atom is 0.407 e. The highest BCUT2D eigenvalue weighted by atomic mass is 16.5. The topological polar surface area (TPSA) is 47.6 Å². The summed E-state index contributed by atoms with van der Waals surface area (Å²) in [5.74, 6) is 2.80. The Morgan fingerprint density at radius 1 is 1.35 bits per heavy atom. The van der Waals surface area contributed by atoms with E-state index in [1.54, 1.807) is 0 Å². The average molecular weight is 273 g/mol. The average Bonchev–Trinajstić information content (AvgIpc) is 2.53. The molecule has 0 aromatic heterocycles. The number of nitrogens with one attached hydrogen (secondary N) is 1. The zero-order valence-electron chi connectivity index (χ0n) is 11.4. The lowest BCUT2D eigenvalue weighted by Crippen LogP contribution is -2.40. The molecule has 20 heavy (non-hydrogen) atoms. The molecule has 1 aromatic rings. The summed E-state index contributed by atoms with van der Waals surface area (Å²) >= 11 is 0. The molecule has 0 atom stereocenters. The Labute approximate surface area is 119 Å². The van der Waals surface area contributed by atoms with E-state index in [0.717, 1.165) is 18.4 Å². The third-order valence-electron chi connectivity index (χ3n) is 3.54. The summed E-state index contributed by atoms with van der Waals surface area (Å²) in [5, 5.41) is 2.76. The van der Waals surface area contributed by atoms with E-state index in [0.29, 0.717) is 19.8 Å². The largest absolute Gasteiger partial charge is 0.445 e. The van der Waals surface area contributed by atoms with Gasteiger partial charge in [-0.1, -0.05) is 36.3 Å². The van der Waals surface area contributed by atoms with Crippen molar-refractivity contribution in [2.24, 2.45) is 5.41 Å². The molecule has 4 nitrogen and oxygen atoms in total. The van der Waals surface area contributed by atoms with Crippen LogP contribution in [0.3, 0.4) is 0 Å². The lowest BCUT2D eigenvalue weighted by molar-refractivity contribution is 0.0404. The predicted molar refractivity (Wildman–Crippen MR) is 75.9 cm³/mol. The van der Waals surface area contributed by atoms with Gasteiger partial charge in [-0.3, -0.25) is 0 Å². The number of alkyl carbamates (subject to hydrolysis) is 1. The first-order valence-corrected chi connectivity index (χ1v) is 6.74. The molecular formula is C16H19NO3. The highest BCUT2D eigenvalue weighted by Crippen LogP contribution is 2.28. The van der Waals surface area contributed by atoms with Gasteiger partial charge in [-0.05, 0) is 18.4 Å². The molecule has 106 valence electrons. The molecule has 1 N–H and O–H groups in total. The van der Waals surface area contributed by atoms with Crippen molar-refractivity contribution in [3.8, 4) is 12.3 Å². The van der Waals surface area contributed by atoms with Crippen LogP contribution in [-0.4, -0.2) is 25.9 Å². The predicted octanol–water partition coefficient (Wildman–Crippen LogP) is 2.34. The Morgan fingerprint density at radius 3 is 2.70 bits per heavy atom. The van der Waals surface area contributed by atoms with Crippen LogP contribution in [-0.2, 0) is 16.1 Å². The third-order valence-corrected chi connectivity index (χ3v) is 3.54. The standard InChI is InChI=1S/C16H19NO3/c1-2-16(8-10-19-11-9-16)13-17-15(18)20-12-14-6-4-3-5-7-14/h1,3-7H,8-13H2,(H,17,18). The van der Waals surface area contributed by atoms with Gasteiger partial charge in [-0.15, -0.1) is 6.42 Å². The lowest BCUT2D eigenvalue weighted by Gasteiger charge is -2.32. The van der Waals surface area contributed by atoms with Gasteiger partial charge in [-0.2, -0.15) is 0 Å². The molecule has 0 bridgehead atoms.